The Morgan fingerprint density at radius 1 is 1.09 bits per heavy atom. The van der Waals surface area contributed by atoms with Crippen molar-refractivity contribution < 1.29 is 4.42 Å². The number of halogens is 2. The maximum Gasteiger partial charge on any atom is 0.251 e. The van der Waals surface area contributed by atoms with Gasteiger partial charge in [-0.2, -0.15) is 0 Å². The predicted molar refractivity (Wildman–Crippen MR) is 94.8 cm³/mol. The van der Waals surface area contributed by atoms with Crippen LogP contribution in [0.1, 0.15) is 29.5 Å². The minimum absolute atomic E-state index is 0.0353. The molecule has 1 N–H and O–H groups in total. The van der Waals surface area contributed by atoms with Gasteiger partial charge < -0.3 is 9.40 Å². The Balaban J connectivity index is 1.88. The van der Waals surface area contributed by atoms with Crippen molar-refractivity contribution in [2.45, 2.75) is 33.1 Å². The number of rotatable bonds is 4. The van der Waals surface area contributed by atoms with E-state index in [2.05, 4.69) is 11.9 Å². The number of hydrogen-bond donors (Lipinski definition) is 1. The molecule has 0 saturated heterocycles. The van der Waals surface area contributed by atoms with E-state index in [0.29, 0.717) is 28.5 Å². The molecule has 3 aromatic rings. The first-order chi connectivity index (χ1) is 11.0. The summed E-state index contributed by atoms with van der Waals surface area (Å²) >= 11 is 12.3. The monoisotopic (exact) mass is 349 g/mol. The Morgan fingerprint density at radius 3 is 2.52 bits per heavy atom. The second kappa shape index (κ2) is 6.42. The SMILES string of the molecule is CCc1cc(CCc2cc3c(Cl)ccc(Cl)c3o2)c(=O)[nH]c1C. The quantitative estimate of drug-likeness (QED) is 0.713. The summed E-state index contributed by atoms with van der Waals surface area (Å²) in [6.45, 7) is 4.00. The lowest BCUT2D eigenvalue weighted by atomic mass is 10.0. The van der Waals surface area contributed by atoms with Gasteiger partial charge in [0.1, 0.15) is 5.76 Å². The van der Waals surface area contributed by atoms with Crippen LogP contribution < -0.4 is 5.56 Å². The van der Waals surface area contributed by atoms with Gasteiger partial charge >= 0.3 is 0 Å². The molecule has 0 atom stereocenters. The summed E-state index contributed by atoms with van der Waals surface area (Å²) in [7, 11) is 0. The molecule has 2 aromatic heterocycles. The van der Waals surface area contributed by atoms with Crippen LogP contribution in [0.25, 0.3) is 11.0 Å². The van der Waals surface area contributed by atoms with Crippen LogP contribution in [0.4, 0.5) is 0 Å². The molecule has 120 valence electrons. The van der Waals surface area contributed by atoms with Crippen molar-refractivity contribution in [2.75, 3.05) is 0 Å². The summed E-state index contributed by atoms with van der Waals surface area (Å²) in [6, 6.07) is 7.35. The zero-order valence-corrected chi connectivity index (χ0v) is 14.5. The summed E-state index contributed by atoms with van der Waals surface area (Å²) in [4.78, 5) is 15.0. The number of benzene rings is 1. The van der Waals surface area contributed by atoms with Crippen LogP contribution in [0.3, 0.4) is 0 Å². The summed E-state index contributed by atoms with van der Waals surface area (Å²) in [5.74, 6) is 0.771. The number of hydrogen-bond acceptors (Lipinski definition) is 2. The first kappa shape index (κ1) is 16.2. The summed E-state index contributed by atoms with van der Waals surface area (Å²) in [5.41, 5.74) is 3.43. The van der Waals surface area contributed by atoms with Crippen LogP contribution in [0.15, 0.2) is 33.5 Å². The molecule has 3 rings (SSSR count). The second-order valence-corrected chi connectivity index (χ2v) is 6.43. The highest BCUT2D eigenvalue weighted by Crippen LogP contribution is 2.32. The summed E-state index contributed by atoms with van der Waals surface area (Å²) < 4.78 is 5.79. The minimum Gasteiger partial charge on any atom is -0.459 e. The zero-order valence-electron chi connectivity index (χ0n) is 13.0. The number of furan rings is 1. The highest BCUT2D eigenvalue weighted by atomic mass is 35.5. The third kappa shape index (κ3) is 3.17. The molecule has 0 unspecified atom stereocenters. The lowest BCUT2D eigenvalue weighted by Crippen LogP contribution is -2.16. The molecule has 0 aliphatic heterocycles. The van der Waals surface area contributed by atoms with E-state index >= 15 is 0 Å². The third-order valence-electron chi connectivity index (χ3n) is 4.08. The van der Waals surface area contributed by atoms with E-state index in [1.54, 1.807) is 12.1 Å². The molecule has 3 nitrogen and oxygen atoms in total. The van der Waals surface area contributed by atoms with Crippen LogP contribution in [-0.4, -0.2) is 4.98 Å². The van der Waals surface area contributed by atoms with E-state index in [-0.39, 0.29) is 5.56 Å². The van der Waals surface area contributed by atoms with Gasteiger partial charge in [0.05, 0.1) is 10.0 Å². The molecule has 0 amide bonds. The van der Waals surface area contributed by atoms with Crippen molar-refractivity contribution in [3.05, 3.63) is 67.2 Å². The number of fused-ring (bicyclic) bond motifs is 1. The Bertz CT molecular complexity index is 886. The maximum atomic E-state index is 12.1. The number of aryl methyl sites for hydroxylation is 4. The molecule has 0 bridgehead atoms. The average Bonchev–Trinajstić information content (AvgIpc) is 2.96. The third-order valence-corrected chi connectivity index (χ3v) is 4.70. The Labute approximate surface area is 144 Å². The van der Waals surface area contributed by atoms with Gasteiger partial charge in [-0.3, -0.25) is 4.79 Å². The van der Waals surface area contributed by atoms with Crippen molar-refractivity contribution in [3.8, 4) is 0 Å². The van der Waals surface area contributed by atoms with Gasteiger partial charge in [-0.25, -0.2) is 0 Å². The lowest BCUT2D eigenvalue weighted by molar-refractivity contribution is 0.547. The molecule has 23 heavy (non-hydrogen) atoms. The first-order valence-corrected chi connectivity index (χ1v) is 8.33. The van der Waals surface area contributed by atoms with Gasteiger partial charge in [-0.15, -0.1) is 0 Å². The molecule has 0 fully saturated rings. The number of nitrogens with one attached hydrogen (secondary N) is 1. The molecule has 0 spiro atoms. The highest BCUT2D eigenvalue weighted by Gasteiger charge is 2.12. The van der Waals surface area contributed by atoms with Crippen LogP contribution in [0, 0.1) is 6.92 Å². The van der Waals surface area contributed by atoms with Crippen molar-refractivity contribution in [3.63, 3.8) is 0 Å². The molecule has 0 aliphatic rings. The van der Waals surface area contributed by atoms with E-state index in [0.717, 1.165) is 34.4 Å². The van der Waals surface area contributed by atoms with E-state index in [4.69, 9.17) is 27.6 Å². The van der Waals surface area contributed by atoms with Crippen molar-refractivity contribution in [2.24, 2.45) is 0 Å². The fourth-order valence-corrected chi connectivity index (χ4v) is 3.16. The van der Waals surface area contributed by atoms with Crippen LogP contribution in [0.2, 0.25) is 10.0 Å². The number of H-pyrrole nitrogens is 1. The van der Waals surface area contributed by atoms with Gasteiger partial charge in [-0.1, -0.05) is 30.1 Å². The van der Waals surface area contributed by atoms with Gasteiger partial charge in [0, 0.05) is 23.1 Å². The number of pyridine rings is 1. The van der Waals surface area contributed by atoms with Crippen molar-refractivity contribution in [1.82, 2.24) is 4.98 Å². The van der Waals surface area contributed by atoms with E-state index in [1.807, 2.05) is 19.1 Å². The van der Waals surface area contributed by atoms with Crippen LogP contribution in [0.5, 0.6) is 0 Å². The largest absolute Gasteiger partial charge is 0.459 e. The minimum atomic E-state index is -0.0353. The molecule has 1 aromatic carbocycles. The fraction of sp³-hybridized carbons (Fsp3) is 0.278. The van der Waals surface area contributed by atoms with Gasteiger partial charge in [0.2, 0.25) is 0 Å². The molecule has 0 saturated carbocycles. The van der Waals surface area contributed by atoms with Crippen LogP contribution >= 0.6 is 23.2 Å². The summed E-state index contributed by atoms with van der Waals surface area (Å²) in [6.07, 6.45) is 2.12. The van der Waals surface area contributed by atoms with Gasteiger partial charge in [0.25, 0.3) is 5.56 Å². The Morgan fingerprint density at radius 2 is 1.83 bits per heavy atom. The smallest absolute Gasteiger partial charge is 0.251 e. The Hall–Kier alpha value is -1.71. The van der Waals surface area contributed by atoms with Crippen molar-refractivity contribution >= 4 is 34.2 Å². The van der Waals surface area contributed by atoms with E-state index < -0.39 is 0 Å². The maximum absolute atomic E-state index is 12.1. The Kier molecular flexibility index (Phi) is 4.51. The van der Waals surface area contributed by atoms with E-state index in [1.165, 1.54) is 0 Å². The fourth-order valence-electron chi connectivity index (χ4n) is 2.76. The van der Waals surface area contributed by atoms with Gasteiger partial charge in [0.15, 0.2) is 5.58 Å². The normalized spacial score (nSPS) is 11.3. The first-order valence-electron chi connectivity index (χ1n) is 7.57. The highest BCUT2D eigenvalue weighted by molar-refractivity contribution is 6.39. The zero-order chi connectivity index (χ0) is 16.6. The molecule has 0 radical (unpaired) electrons. The molecular weight excluding hydrogens is 333 g/mol. The average molecular weight is 350 g/mol. The molecule has 5 heteroatoms. The van der Waals surface area contributed by atoms with E-state index in [9.17, 15) is 4.79 Å². The number of aromatic nitrogens is 1. The molecule has 0 aliphatic carbocycles. The van der Waals surface area contributed by atoms with Crippen LogP contribution in [-0.2, 0) is 19.3 Å². The lowest BCUT2D eigenvalue weighted by Gasteiger charge is -2.06. The molecule has 2 heterocycles. The standard InChI is InChI=1S/C18H17Cl2NO2/c1-3-11-8-12(18(22)21-10(11)2)4-5-13-9-14-15(19)6-7-16(20)17(14)23-13/h6-9H,3-5H2,1-2H3,(H,21,22). The van der Waals surface area contributed by atoms with Crippen molar-refractivity contribution in [1.29, 1.82) is 0 Å². The predicted octanol–water partition coefficient (Wildman–Crippen LogP) is 5.08. The number of aromatic amines is 1. The van der Waals surface area contributed by atoms with Gasteiger partial charge in [-0.05, 0) is 49.6 Å². The molecular formula is C18H17Cl2NO2. The summed E-state index contributed by atoms with van der Waals surface area (Å²) in [5, 5.41) is 1.96. The second-order valence-electron chi connectivity index (χ2n) is 5.61. The topological polar surface area (TPSA) is 46.0 Å².